The first-order chi connectivity index (χ1) is 8.26. The molecule has 104 valence electrons. The van der Waals surface area contributed by atoms with Gasteiger partial charge in [-0.25, -0.2) is 0 Å². The zero-order chi connectivity index (χ0) is 12.9. The standard InChI is InChI=1S/C15H32O2/c1-5-8-9-10-11-12-13-14(4)15(16-6-2)17-7-3/h14-15H,5-13H2,1-4H3. The van der Waals surface area contributed by atoms with Crippen molar-refractivity contribution in [2.75, 3.05) is 13.2 Å². The third-order valence-electron chi connectivity index (χ3n) is 3.14. The number of unbranched alkanes of at least 4 members (excludes halogenated alkanes) is 5. The average Bonchev–Trinajstić information content (AvgIpc) is 2.33. The van der Waals surface area contributed by atoms with Crippen molar-refractivity contribution < 1.29 is 9.47 Å². The van der Waals surface area contributed by atoms with Crippen molar-refractivity contribution in [3.63, 3.8) is 0 Å². The van der Waals surface area contributed by atoms with E-state index in [0.717, 1.165) is 13.2 Å². The molecule has 0 radical (unpaired) electrons. The van der Waals surface area contributed by atoms with E-state index in [1.807, 2.05) is 13.8 Å². The van der Waals surface area contributed by atoms with Crippen molar-refractivity contribution in [3.8, 4) is 0 Å². The predicted octanol–water partition coefficient (Wildman–Crippen LogP) is 4.77. The van der Waals surface area contributed by atoms with Crippen LogP contribution >= 0.6 is 0 Å². The van der Waals surface area contributed by atoms with Crippen LogP contribution in [0.5, 0.6) is 0 Å². The minimum atomic E-state index is 0.000594. The lowest BCUT2D eigenvalue weighted by atomic mass is 10.0. The van der Waals surface area contributed by atoms with E-state index in [2.05, 4.69) is 13.8 Å². The maximum absolute atomic E-state index is 5.62. The average molecular weight is 244 g/mol. The smallest absolute Gasteiger partial charge is 0.160 e. The van der Waals surface area contributed by atoms with Gasteiger partial charge in [-0.3, -0.25) is 0 Å². The SMILES string of the molecule is CCCCCCCCC(C)C(OCC)OCC. The molecule has 17 heavy (non-hydrogen) atoms. The topological polar surface area (TPSA) is 18.5 Å². The van der Waals surface area contributed by atoms with Crippen molar-refractivity contribution in [2.24, 2.45) is 5.92 Å². The van der Waals surface area contributed by atoms with Crippen molar-refractivity contribution in [3.05, 3.63) is 0 Å². The summed E-state index contributed by atoms with van der Waals surface area (Å²) in [4.78, 5) is 0. The Morgan fingerprint density at radius 2 is 1.29 bits per heavy atom. The van der Waals surface area contributed by atoms with Crippen LogP contribution in [-0.4, -0.2) is 19.5 Å². The molecule has 2 heteroatoms. The second kappa shape index (κ2) is 12.4. The summed E-state index contributed by atoms with van der Waals surface area (Å²) in [7, 11) is 0. The van der Waals surface area contributed by atoms with Crippen LogP contribution in [0.3, 0.4) is 0 Å². The minimum Gasteiger partial charge on any atom is -0.353 e. The molecule has 0 aliphatic carbocycles. The number of rotatable bonds is 12. The Bertz CT molecular complexity index is 142. The van der Waals surface area contributed by atoms with Gasteiger partial charge in [0.1, 0.15) is 0 Å². The second-order valence-corrected chi connectivity index (χ2v) is 4.81. The molecule has 0 aromatic carbocycles. The summed E-state index contributed by atoms with van der Waals surface area (Å²) in [6, 6.07) is 0. The monoisotopic (exact) mass is 244 g/mol. The summed E-state index contributed by atoms with van der Waals surface area (Å²) < 4.78 is 11.2. The first-order valence-electron chi connectivity index (χ1n) is 7.49. The van der Waals surface area contributed by atoms with Crippen LogP contribution < -0.4 is 0 Å². The molecule has 0 fully saturated rings. The van der Waals surface area contributed by atoms with E-state index in [1.165, 1.54) is 44.9 Å². The van der Waals surface area contributed by atoms with Gasteiger partial charge in [0.2, 0.25) is 0 Å². The Labute approximate surface area is 108 Å². The normalized spacial score (nSPS) is 13.2. The molecule has 0 saturated carbocycles. The third-order valence-corrected chi connectivity index (χ3v) is 3.14. The highest BCUT2D eigenvalue weighted by Gasteiger charge is 2.16. The molecule has 0 aromatic rings. The van der Waals surface area contributed by atoms with Crippen LogP contribution in [0.1, 0.15) is 72.6 Å². The van der Waals surface area contributed by atoms with E-state index in [-0.39, 0.29) is 6.29 Å². The molecular weight excluding hydrogens is 212 g/mol. The molecule has 0 spiro atoms. The summed E-state index contributed by atoms with van der Waals surface area (Å²) >= 11 is 0. The number of hydrogen-bond donors (Lipinski definition) is 0. The minimum absolute atomic E-state index is 0.000594. The highest BCUT2D eigenvalue weighted by Crippen LogP contribution is 2.18. The molecule has 0 N–H and O–H groups in total. The first kappa shape index (κ1) is 16.9. The second-order valence-electron chi connectivity index (χ2n) is 4.81. The van der Waals surface area contributed by atoms with Gasteiger partial charge in [-0.2, -0.15) is 0 Å². The number of hydrogen-bond acceptors (Lipinski definition) is 2. The Hall–Kier alpha value is -0.0800. The zero-order valence-electron chi connectivity index (χ0n) is 12.3. The van der Waals surface area contributed by atoms with Gasteiger partial charge in [-0.15, -0.1) is 0 Å². The summed E-state index contributed by atoms with van der Waals surface area (Å²) in [5.41, 5.74) is 0. The van der Waals surface area contributed by atoms with Crippen LogP contribution in [-0.2, 0) is 9.47 Å². The molecule has 0 saturated heterocycles. The molecule has 0 aliphatic rings. The van der Waals surface area contributed by atoms with E-state index < -0.39 is 0 Å². The zero-order valence-corrected chi connectivity index (χ0v) is 12.3. The molecule has 0 rings (SSSR count). The fourth-order valence-electron chi connectivity index (χ4n) is 2.09. The Kier molecular flexibility index (Phi) is 12.3. The summed E-state index contributed by atoms with van der Waals surface area (Å²) in [6.07, 6.45) is 9.37. The fraction of sp³-hybridized carbons (Fsp3) is 1.00. The van der Waals surface area contributed by atoms with Gasteiger partial charge in [0.15, 0.2) is 6.29 Å². The van der Waals surface area contributed by atoms with E-state index in [0.29, 0.717) is 5.92 Å². The van der Waals surface area contributed by atoms with E-state index in [1.54, 1.807) is 0 Å². The van der Waals surface area contributed by atoms with E-state index >= 15 is 0 Å². The largest absolute Gasteiger partial charge is 0.353 e. The first-order valence-corrected chi connectivity index (χ1v) is 7.49. The van der Waals surface area contributed by atoms with Crippen LogP contribution in [0, 0.1) is 5.92 Å². The van der Waals surface area contributed by atoms with Crippen molar-refractivity contribution >= 4 is 0 Å². The quantitative estimate of drug-likeness (QED) is 0.363. The number of ether oxygens (including phenoxy) is 2. The van der Waals surface area contributed by atoms with Gasteiger partial charge in [-0.1, -0.05) is 52.4 Å². The Morgan fingerprint density at radius 3 is 1.82 bits per heavy atom. The lowest BCUT2D eigenvalue weighted by Gasteiger charge is -2.23. The highest BCUT2D eigenvalue weighted by molar-refractivity contribution is 4.58. The van der Waals surface area contributed by atoms with Crippen LogP contribution in [0.4, 0.5) is 0 Å². The van der Waals surface area contributed by atoms with Gasteiger partial charge < -0.3 is 9.47 Å². The molecule has 2 nitrogen and oxygen atoms in total. The van der Waals surface area contributed by atoms with Gasteiger partial charge in [-0.05, 0) is 20.3 Å². The van der Waals surface area contributed by atoms with E-state index in [4.69, 9.17) is 9.47 Å². The van der Waals surface area contributed by atoms with Gasteiger partial charge in [0, 0.05) is 19.1 Å². The highest BCUT2D eigenvalue weighted by atomic mass is 16.7. The van der Waals surface area contributed by atoms with Gasteiger partial charge in [0.05, 0.1) is 0 Å². The fourth-order valence-corrected chi connectivity index (χ4v) is 2.09. The molecule has 0 heterocycles. The lowest BCUT2D eigenvalue weighted by Crippen LogP contribution is -2.25. The van der Waals surface area contributed by atoms with Crippen molar-refractivity contribution in [1.82, 2.24) is 0 Å². The van der Waals surface area contributed by atoms with Crippen molar-refractivity contribution in [2.45, 2.75) is 78.9 Å². The lowest BCUT2D eigenvalue weighted by molar-refractivity contribution is -0.164. The van der Waals surface area contributed by atoms with Crippen LogP contribution in [0.15, 0.2) is 0 Å². The Balaban J connectivity index is 3.55. The third kappa shape index (κ3) is 9.61. The van der Waals surface area contributed by atoms with Crippen molar-refractivity contribution in [1.29, 1.82) is 0 Å². The molecule has 0 aliphatic heterocycles. The van der Waals surface area contributed by atoms with Gasteiger partial charge >= 0.3 is 0 Å². The van der Waals surface area contributed by atoms with Crippen LogP contribution in [0.2, 0.25) is 0 Å². The predicted molar refractivity (Wildman–Crippen MR) is 74.2 cm³/mol. The van der Waals surface area contributed by atoms with Crippen LogP contribution in [0.25, 0.3) is 0 Å². The summed E-state index contributed by atoms with van der Waals surface area (Å²) in [6.45, 7) is 10.0. The molecule has 0 amide bonds. The summed E-state index contributed by atoms with van der Waals surface area (Å²) in [5, 5.41) is 0. The molecule has 0 bridgehead atoms. The maximum atomic E-state index is 5.62. The maximum Gasteiger partial charge on any atom is 0.160 e. The van der Waals surface area contributed by atoms with Gasteiger partial charge in [0.25, 0.3) is 0 Å². The molecule has 1 atom stereocenters. The molecule has 0 aromatic heterocycles. The Morgan fingerprint density at radius 1 is 0.765 bits per heavy atom. The van der Waals surface area contributed by atoms with E-state index in [9.17, 15) is 0 Å². The molecular formula is C15H32O2. The molecule has 1 unspecified atom stereocenters. The summed E-state index contributed by atoms with van der Waals surface area (Å²) in [5.74, 6) is 0.515.